The molecule has 0 saturated carbocycles. The van der Waals surface area contributed by atoms with E-state index in [1.165, 1.54) is 44.4 Å². The molecule has 0 saturated heterocycles. The second kappa shape index (κ2) is 11.3. The number of rotatable bonds is 7. The van der Waals surface area contributed by atoms with Crippen molar-refractivity contribution >= 4 is 39.1 Å². The Morgan fingerprint density at radius 2 is 1.55 bits per heavy atom. The summed E-state index contributed by atoms with van der Waals surface area (Å²) in [5, 5.41) is 16.1. The molecular weight excluding hydrogens is 619 g/mol. The minimum atomic E-state index is -6.31. The number of alkyl halides is 7. The molecule has 2 N–H and O–H groups in total. The summed E-state index contributed by atoms with van der Waals surface area (Å²) >= 11 is 2.85. The SMILES string of the molecule is CCc1cc(C(F)(C(F)(F)F)C(F)(F)F)cc(Br)c1NC(=O)c1cccc(NC(=O)c2cc[n+]([O-])cc2)c1OC. The normalized spacial score (nSPS) is 12.2. The van der Waals surface area contributed by atoms with Crippen LogP contribution in [0.3, 0.4) is 0 Å². The smallest absolute Gasteiger partial charge is 0.435 e. The number of ether oxygens (including phenoxy) is 1. The van der Waals surface area contributed by atoms with Gasteiger partial charge in [-0.1, -0.05) is 13.0 Å². The quantitative estimate of drug-likeness (QED) is 0.177. The van der Waals surface area contributed by atoms with Crippen molar-refractivity contribution in [3.05, 3.63) is 86.8 Å². The first kappa shape index (κ1) is 30.7. The van der Waals surface area contributed by atoms with E-state index in [0.717, 1.165) is 12.4 Å². The number of hydrogen-bond donors (Lipinski definition) is 2. The maximum Gasteiger partial charge on any atom is 0.435 e. The van der Waals surface area contributed by atoms with E-state index in [4.69, 9.17) is 4.74 Å². The van der Waals surface area contributed by atoms with E-state index in [2.05, 4.69) is 26.6 Å². The van der Waals surface area contributed by atoms with Gasteiger partial charge in [0.2, 0.25) is 0 Å². The van der Waals surface area contributed by atoms with Gasteiger partial charge < -0.3 is 20.6 Å². The van der Waals surface area contributed by atoms with Crippen LogP contribution in [0.5, 0.6) is 5.75 Å². The Kier molecular flexibility index (Phi) is 8.67. The number of amides is 2. The predicted octanol–water partition coefficient (Wildman–Crippen LogP) is 6.45. The van der Waals surface area contributed by atoms with E-state index in [0.29, 0.717) is 16.9 Å². The topological polar surface area (TPSA) is 94.4 Å². The molecule has 0 radical (unpaired) electrons. The number of methoxy groups -OCH3 is 1. The standard InChI is InChI=1S/C25H19BrF7N3O4/c1-3-13-11-15(23(27,24(28,29)30)25(31,32)33)12-17(26)19(13)35-22(38)16-5-4-6-18(20(16)40-2)34-21(37)14-7-9-36(39)10-8-14/h4-12H,3H2,1-2H3,(H,34,37)(H,35,38). The van der Waals surface area contributed by atoms with Gasteiger partial charge in [0.05, 0.1) is 29.6 Å². The van der Waals surface area contributed by atoms with Gasteiger partial charge in [0, 0.05) is 22.2 Å². The Morgan fingerprint density at radius 3 is 2.08 bits per heavy atom. The number of nitrogens with zero attached hydrogens (tertiary/aromatic N) is 1. The highest BCUT2D eigenvalue weighted by molar-refractivity contribution is 9.10. The number of anilines is 2. The molecule has 0 fully saturated rings. The van der Waals surface area contributed by atoms with Crippen molar-refractivity contribution in [2.45, 2.75) is 31.4 Å². The third-order valence-corrected chi connectivity index (χ3v) is 6.37. The average Bonchev–Trinajstić information content (AvgIpc) is 2.87. The number of hydrogen-bond acceptors (Lipinski definition) is 4. The number of halogens is 8. The lowest BCUT2D eigenvalue weighted by Gasteiger charge is -2.31. The second-order valence-electron chi connectivity index (χ2n) is 8.24. The minimum Gasteiger partial charge on any atom is -0.619 e. The molecule has 2 amide bonds. The first-order valence-electron chi connectivity index (χ1n) is 11.2. The zero-order chi connectivity index (χ0) is 30.0. The van der Waals surface area contributed by atoms with Crippen LogP contribution in [-0.4, -0.2) is 31.3 Å². The molecule has 214 valence electrons. The zero-order valence-corrected chi connectivity index (χ0v) is 22.1. The molecule has 3 rings (SSSR count). The third kappa shape index (κ3) is 5.83. The molecule has 0 aliphatic carbocycles. The first-order chi connectivity index (χ1) is 18.5. The molecule has 0 unspecified atom stereocenters. The Balaban J connectivity index is 1.99. The predicted molar refractivity (Wildman–Crippen MR) is 133 cm³/mol. The molecule has 40 heavy (non-hydrogen) atoms. The van der Waals surface area contributed by atoms with Gasteiger partial charge in [0.15, 0.2) is 18.1 Å². The highest BCUT2D eigenvalue weighted by Gasteiger charge is 2.73. The number of aromatic nitrogens is 1. The summed E-state index contributed by atoms with van der Waals surface area (Å²) in [6.45, 7) is 1.39. The van der Waals surface area contributed by atoms with Crippen molar-refractivity contribution in [1.29, 1.82) is 0 Å². The molecule has 0 bridgehead atoms. The summed E-state index contributed by atoms with van der Waals surface area (Å²) in [5.74, 6) is -1.67. The van der Waals surface area contributed by atoms with Gasteiger partial charge in [-0.2, -0.15) is 31.1 Å². The van der Waals surface area contributed by atoms with Crippen LogP contribution in [0, 0.1) is 5.21 Å². The fourth-order valence-corrected chi connectivity index (χ4v) is 4.34. The summed E-state index contributed by atoms with van der Waals surface area (Å²) in [5.41, 5.74) is -7.79. The lowest BCUT2D eigenvalue weighted by molar-refractivity contribution is -0.605. The molecular formula is C25H19BrF7N3O4. The van der Waals surface area contributed by atoms with Gasteiger partial charge in [-0.05, 0) is 52.2 Å². The lowest BCUT2D eigenvalue weighted by atomic mass is 9.91. The molecule has 0 aliphatic rings. The van der Waals surface area contributed by atoms with Crippen molar-refractivity contribution in [3.63, 3.8) is 0 Å². The van der Waals surface area contributed by atoms with Crippen molar-refractivity contribution < 1.29 is 49.8 Å². The monoisotopic (exact) mass is 637 g/mol. The van der Waals surface area contributed by atoms with Crippen LogP contribution in [0.15, 0.2) is 59.3 Å². The highest BCUT2D eigenvalue weighted by atomic mass is 79.9. The molecule has 2 aromatic carbocycles. The molecule has 1 heterocycles. The summed E-state index contributed by atoms with van der Waals surface area (Å²) in [6, 6.07) is 7.27. The summed E-state index contributed by atoms with van der Waals surface area (Å²) < 4.78 is 99.7. The van der Waals surface area contributed by atoms with Gasteiger partial charge in [-0.3, -0.25) is 9.59 Å². The minimum absolute atomic E-state index is 0.0432. The maximum absolute atomic E-state index is 14.7. The fourth-order valence-electron chi connectivity index (χ4n) is 3.74. The average molecular weight is 638 g/mol. The molecule has 1 aromatic heterocycles. The summed E-state index contributed by atoms with van der Waals surface area (Å²) in [6.07, 6.45) is -10.6. The Morgan fingerprint density at radius 1 is 0.950 bits per heavy atom. The van der Waals surface area contributed by atoms with E-state index in [1.807, 2.05) is 0 Å². The van der Waals surface area contributed by atoms with Gasteiger partial charge >= 0.3 is 18.0 Å². The highest BCUT2D eigenvalue weighted by Crippen LogP contribution is 2.54. The number of aryl methyl sites for hydroxylation is 1. The molecule has 7 nitrogen and oxygen atoms in total. The number of carbonyl (C=O) groups excluding carboxylic acids is 2. The van der Waals surface area contributed by atoms with E-state index in [-0.39, 0.29) is 40.2 Å². The number of carbonyl (C=O) groups is 2. The van der Waals surface area contributed by atoms with Gasteiger partial charge in [0.1, 0.15) is 0 Å². The number of nitrogens with one attached hydrogen (secondary N) is 2. The molecule has 3 aromatic rings. The lowest BCUT2D eigenvalue weighted by Crippen LogP contribution is -2.50. The van der Waals surface area contributed by atoms with Crippen LogP contribution in [0.25, 0.3) is 0 Å². The van der Waals surface area contributed by atoms with Gasteiger partial charge in [-0.25, -0.2) is 4.39 Å². The Labute approximate surface area is 230 Å². The van der Waals surface area contributed by atoms with Crippen LogP contribution in [0.4, 0.5) is 42.1 Å². The largest absolute Gasteiger partial charge is 0.619 e. The van der Waals surface area contributed by atoms with Crippen molar-refractivity contribution in [2.75, 3.05) is 17.7 Å². The molecule has 0 aliphatic heterocycles. The third-order valence-electron chi connectivity index (χ3n) is 5.75. The van der Waals surface area contributed by atoms with Crippen LogP contribution >= 0.6 is 15.9 Å². The summed E-state index contributed by atoms with van der Waals surface area (Å²) in [4.78, 5) is 25.7. The fraction of sp³-hybridized carbons (Fsp3) is 0.240. The van der Waals surface area contributed by atoms with Crippen LogP contribution in [-0.2, 0) is 12.1 Å². The van der Waals surface area contributed by atoms with Gasteiger partial charge in [-0.15, -0.1) is 0 Å². The van der Waals surface area contributed by atoms with Crippen molar-refractivity contribution in [2.24, 2.45) is 0 Å². The van der Waals surface area contributed by atoms with Gasteiger partial charge in [0.25, 0.3) is 11.8 Å². The van der Waals surface area contributed by atoms with E-state index in [1.54, 1.807) is 0 Å². The number of benzene rings is 2. The number of para-hydroxylation sites is 1. The first-order valence-corrected chi connectivity index (χ1v) is 12.0. The Bertz CT molecular complexity index is 1410. The van der Waals surface area contributed by atoms with E-state index < -0.39 is 39.9 Å². The van der Waals surface area contributed by atoms with Crippen LogP contribution < -0.4 is 20.1 Å². The number of pyridine rings is 1. The molecule has 0 atom stereocenters. The molecule has 15 heteroatoms. The van der Waals surface area contributed by atoms with Crippen molar-refractivity contribution in [1.82, 2.24) is 0 Å². The maximum atomic E-state index is 14.7. The van der Waals surface area contributed by atoms with E-state index >= 15 is 0 Å². The second-order valence-corrected chi connectivity index (χ2v) is 9.10. The van der Waals surface area contributed by atoms with E-state index in [9.17, 15) is 45.5 Å². The van der Waals surface area contributed by atoms with Crippen LogP contribution in [0.1, 0.15) is 38.8 Å². The van der Waals surface area contributed by atoms with Crippen molar-refractivity contribution in [3.8, 4) is 5.75 Å². The summed E-state index contributed by atoms with van der Waals surface area (Å²) in [7, 11) is 1.20. The zero-order valence-electron chi connectivity index (χ0n) is 20.5. The van der Waals surface area contributed by atoms with Crippen LogP contribution in [0.2, 0.25) is 0 Å². The molecule has 0 spiro atoms. The Hall–Kier alpha value is -3.88.